The Morgan fingerprint density at radius 2 is 2.33 bits per heavy atom. The molecule has 2 rings (SSSR count). The lowest BCUT2D eigenvalue weighted by Crippen LogP contribution is -2.22. The zero-order valence-corrected chi connectivity index (χ0v) is 11.4. The summed E-state index contributed by atoms with van der Waals surface area (Å²) in [7, 11) is 0. The smallest absolute Gasteiger partial charge is 0.213 e. The monoisotopic (exact) mass is 250 g/mol. The number of ether oxygens (including phenoxy) is 2. The van der Waals surface area contributed by atoms with Crippen LogP contribution in [0.15, 0.2) is 12.1 Å². The second-order valence-corrected chi connectivity index (χ2v) is 5.03. The van der Waals surface area contributed by atoms with Gasteiger partial charge >= 0.3 is 0 Å². The van der Waals surface area contributed by atoms with Crippen LogP contribution in [0.4, 0.5) is 0 Å². The topological polar surface area (TPSA) is 43.4 Å². The van der Waals surface area contributed by atoms with Crippen molar-refractivity contribution in [1.82, 2.24) is 10.3 Å². The first-order valence-electron chi connectivity index (χ1n) is 6.59. The highest BCUT2D eigenvalue weighted by atomic mass is 16.5. The first-order chi connectivity index (χ1) is 8.65. The molecule has 1 saturated heterocycles. The van der Waals surface area contributed by atoms with E-state index in [1.165, 1.54) is 5.56 Å². The van der Waals surface area contributed by atoms with Crippen LogP contribution >= 0.6 is 0 Å². The molecular formula is C14H22N2O2. The zero-order chi connectivity index (χ0) is 13.0. The lowest BCUT2D eigenvalue weighted by Gasteiger charge is -2.14. The summed E-state index contributed by atoms with van der Waals surface area (Å²) in [6.07, 6.45) is 1.12. The minimum absolute atomic E-state index is 0.163. The number of aryl methyl sites for hydroxylation is 1. The van der Waals surface area contributed by atoms with E-state index in [0.717, 1.165) is 25.3 Å². The van der Waals surface area contributed by atoms with E-state index in [-0.39, 0.29) is 6.10 Å². The Labute approximate surface area is 109 Å². The summed E-state index contributed by atoms with van der Waals surface area (Å²) in [6, 6.07) is 4.52. The third kappa shape index (κ3) is 3.68. The summed E-state index contributed by atoms with van der Waals surface area (Å²) in [5, 5.41) is 3.39. The van der Waals surface area contributed by atoms with Gasteiger partial charge in [0.05, 0.1) is 13.2 Å². The highest BCUT2D eigenvalue weighted by Crippen LogP contribution is 2.17. The number of rotatable bonds is 5. The molecule has 0 radical (unpaired) electrons. The molecule has 0 spiro atoms. The quantitative estimate of drug-likeness (QED) is 0.868. The third-order valence-corrected chi connectivity index (χ3v) is 3.05. The molecule has 100 valence electrons. The summed E-state index contributed by atoms with van der Waals surface area (Å²) in [6.45, 7) is 8.62. The number of hydrogen-bond donors (Lipinski definition) is 1. The van der Waals surface area contributed by atoms with Crippen molar-refractivity contribution in [3.05, 3.63) is 23.4 Å². The van der Waals surface area contributed by atoms with E-state index in [1.54, 1.807) is 0 Å². The molecule has 0 aliphatic carbocycles. The van der Waals surface area contributed by atoms with E-state index in [2.05, 4.69) is 30.2 Å². The largest absolute Gasteiger partial charge is 0.472 e. The second-order valence-electron chi connectivity index (χ2n) is 5.03. The van der Waals surface area contributed by atoms with E-state index in [1.807, 2.05) is 13.0 Å². The Bertz CT molecular complexity index is 387. The maximum Gasteiger partial charge on any atom is 0.213 e. The third-order valence-electron chi connectivity index (χ3n) is 3.05. The number of aromatic nitrogens is 1. The molecule has 1 aliphatic heterocycles. The van der Waals surface area contributed by atoms with Gasteiger partial charge in [0.25, 0.3) is 0 Å². The van der Waals surface area contributed by atoms with Crippen LogP contribution in [0.3, 0.4) is 0 Å². The summed E-state index contributed by atoms with van der Waals surface area (Å²) in [4.78, 5) is 4.50. The Morgan fingerprint density at radius 1 is 1.50 bits per heavy atom. The van der Waals surface area contributed by atoms with Gasteiger partial charge in [0.15, 0.2) is 0 Å². The molecule has 18 heavy (non-hydrogen) atoms. The Hall–Kier alpha value is -1.13. The predicted octanol–water partition coefficient (Wildman–Crippen LogP) is 2.06. The molecule has 4 heteroatoms. The lowest BCUT2D eigenvalue weighted by atomic mass is 10.2. The molecule has 1 aromatic rings. The van der Waals surface area contributed by atoms with E-state index in [0.29, 0.717) is 18.5 Å². The van der Waals surface area contributed by atoms with Crippen LogP contribution in [0, 0.1) is 6.92 Å². The molecule has 4 nitrogen and oxygen atoms in total. The fraction of sp³-hybridized carbons (Fsp3) is 0.643. The molecule has 1 fully saturated rings. The van der Waals surface area contributed by atoms with Gasteiger partial charge in [0.1, 0.15) is 6.10 Å². The van der Waals surface area contributed by atoms with Crippen molar-refractivity contribution >= 4 is 0 Å². The van der Waals surface area contributed by atoms with Crippen molar-refractivity contribution in [3.8, 4) is 5.88 Å². The van der Waals surface area contributed by atoms with Gasteiger partial charge in [0, 0.05) is 30.8 Å². The average Bonchev–Trinajstić information content (AvgIpc) is 2.80. The molecule has 0 saturated carbocycles. The molecule has 1 atom stereocenters. The van der Waals surface area contributed by atoms with Crippen LogP contribution < -0.4 is 10.1 Å². The lowest BCUT2D eigenvalue weighted by molar-refractivity contribution is 0.138. The fourth-order valence-electron chi connectivity index (χ4n) is 1.91. The van der Waals surface area contributed by atoms with Crippen LogP contribution in [0.2, 0.25) is 0 Å². The summed E-state index contributed by atoms with van der Waals surface area (Å²) < 4.78 is 11.1. The summed E-state index contributed by atoms with van der Waals surface area (Å²) in [5.41, 5.74) is 2.25. The first kappa shape index (κ1) is 13.3. The molecule has 2 heterocycles. The minimum atomic E-state index is 0.163. The predicted molar refractivity (Wildman–Crippen MR) is 70.8 cm³/mol. The van der Waals surface area contributed by atoms with Crippen molar-refractivity contribution in [2.75, 3.05) is 13.2 Å². The van der Waals surface area contributed by atoms with Crippen LogP contribution in [0.5, 0.6) is 5.88 Å². The second kappa shape index (κ2) is 6.16. The Balaban J connectivity index is 1.95. The number of hydrogen-bond acceptors (Lipinski definition) is 4. The molecule has 0 amide bonds. The summed E-state index contributed by atoms with van der Waals surface area (Å²) >= 11 is 0. The molecular weight excluding hydrogens is 228 g/mol. The number of nitrogens with zero attached hydrogens (tertiary/aromatic N) is 1. The Kier molecular flexibility index (Phi) is 4.55. The van der Waals surface area contributed by atoms with Crippen LogP contribution in [0.1, 0.15) is 31.5 Å². The molecule has 1 aliphatic rings. The van der Waals surface area contributed by atoms with Gasteiger partial charge in [-0.1, -0.05) is 19.9 Å². The minimum Gasteiger partial charge on any atom is -0.472 e. The van der Waals surface area contributed by atoms with Crippen molar-refractivity contribution in [3.63, 3.8) is 0 Å². The van der Waals surface area contributed by atoms with E-state index in [9.17, 15) is 0 Å². The van der Waals surface area contributed by atoms with Crippen molar-refractivity contribution in [2.24, 2.45) is 0 Å². The van der Waals surface area contributed by atoms with Crippen molar-refractivity contribution in [1.29, 1.82) is 0 Å². The normalized spacial score (nSPS) is 19.4. The molecule has 1 unspecified atom stereocenters. The first-order valence-corrected chi connectivity index (χ1v) is 6.59. The number of pyridine rings is 1. The highest BCUT2D eigenvalue weighted by Gasteiger charge is 2.17. The fourth-order valence-corrected chi connectivity index (χ4v) is 1.91. The molecule has 0 bridgehead atoms. The maximum absolute atomic E-state index is 5.78. The van der Waals surface area contributed by atoms with Gasteiger partial charge in [-0.3, -0.25) is 0 Å². The molecule has 1 aromatic heterocycles. The van der Waals surface area contributed by atoms with Gasteiger partial charge in [0.2, 0.25) is 5.88 Å². The maximum atomic E-state index is 5.78. The van der Waals surface area contributed by atoms with E-state index in [4.69, 9.17) is 9.47 Å². The Morgan fingerprint density at radius 3 is 2.94 bits per heavy atom. The van der Waals surface area contributed by atoms with E-state index < -0.39 is 0 Å². The number of nitrogens with one attached hydrogen (secondary N) is 1. The van der Waals surface area contributed by atoms with Gasteiger partial charge < -0.3 is 14.8 Å². The molecule has 0 aromatic carbocycles. The summed E-state index contributed by atoms with van der Waals surface area (Å²) in [5.74, 6) is 0.705. The van der Waals surface area contributed by atoms with Crippen LogP contribution in [-0.4, -0.2) is 30.3 Å². The molecule has 1 N–H and O–H groups in total. The highest BCUT2D eigenvalue weighted by molar-refractivity contribution is 5.25. The zero-order valence-electron chi connectivity index (χ0n) is 11.4. The van der Waals surface area contributed by atoms with Crippen molar-refractivity contribution < 1.29 is 9.47 Å². The van der Waals surface area contributed by atoms with E-state index >= 15 is 0 Å². The van der Waals surface area contributed by atoms with Gasteiger partial charge in [-0.05, 0) is 12.5 Å². The van der Waals surface area contributed by atoms with Crippen LogP contribution in [-0.2, 0) is 11.3 Å². The van der Waals surface area contributed by atoms with Gasteiger partial charge in [-0.15, -0.1) is 0 Å². The van der Waals surface area contributed by atoms with Gasteiger partial charge in [-0.2, -0.15) is 0 Å². The SMILES string of the molecule is Cc1nc(OC2CCOC2)ccc1CNC(C)C. The van der Waals surface area contributed by atoms with Crippen LogP contribution in [0.25, 0.3) is 0 Å². The standard InChI is InChI=1S/C14H22N2O2/c1-10(2)15-8-12-4-5-14(16-11(12)3)18-13-6-7-17-9-13/h4-5,10,13,15H,6-9H2,1-3H3. The average molecular weight is 250 g/mol. The van der Waals surface area contributed by atoms with Gasteiger partial charge in [-0.25, -0.2) is 4.98 Å². The van der Waals surface area contributed by atoms with Crippen molar-refractivity contribution in [2.45, 2.75) is 45.9 Å².